The van der Waals surface area contributed by atoms with Crippen LogP contribution in [0.25, 0.3) is 0 Å². The monoisotopic (exact) mass is 312 g/mol. The van der Waals surface area contributed by atoms with Gasteiger partial charge in [-0.2, -0.15) is 4.31 Å². The summed E-state index contributed by atoms with van der Waals surface area (Å²) in [6.45, 7) is 3.43. The van der Waals surface area contributed by atoms with Gasteiger partial charge < -0.3 is 10.0 Å². The van der Waals surface area contributed by atoms with E-state index in [4.69, 9.17) is 0 Å². The molecular formula is C14H20N2O4S. The molecule has 1 aliphatic heterocycles. The highest BCUT2D eigenvalue weighted by atomic mass is 32.2. The second-order valence-electron chi connectivity index (χ2n) is 5.21. The molecule has 6 nitrogen and oxygen atoms in total. The Morgan fingerprint density at radius 1 is 1.33 bits per heavy atom. The number of carboxylic acid groups (broad SMARTS) is 1. The summed E-state index contributed by atoms with van der Waals surface area (Å²) < 4.78 is 26.8. The van der Waals surface area contributed by atoms with Gasteiger partial charge in [0.2, 0.25) is 10.0 Å². The number of hydrogen-bond donors (Lipinski definition) is 1. The van der Waals surface area contributed by atoms with Gasteiger partial charge in [-0.1, -0.05) is 19.1 Å². The Kier molecular flexibility index (Phi) is 4.65. The van der Waals surface area contributed by atoms with Gasteiger partial charge in [-0.15, -0.1) is 0 Å². The minimum Gasteiger partial charge on any atom is -0.478 e. The van der Waals surface area contributed by atoms with Crippen LogP contribution in [0.1, 0.15) is 23.7 Å². The molecule has 0 spiro atoms. The van der Waals surface area contributed by atoms with Crippen LogP contribution in [0, 0.1) is 0 Å². The first-order chi connectivity index (χ1) is 9.87. The molecule has 0 saturated carbocycles. The van der Waals surface area contributed by atoms with E-state index in [0.717, 1.165) is 6.42 Å². The second kappa shape index (κ2) is 6.13. The number of carboxylic acids is 1. The predicted octanol–water partition coefficient (Wildman–Crippen LogP) is 1.10. The Balaban J connectivity index is 2.37. The van der Waals surface area contributed by atoms with Crippen LogP contribution < -0.4 is 0 Å². The molecule has 2 rings (SSSR count). The molecule has 1 aromatic carbocycles. The van der Waals surface area contributed by atoms with Crippen molar-refractivity contribution in [3.05, 3.63) is 29.8 Å². The minimum absolute atomic E-state index is 0.128. The fraction of sp³-hybridized carbons (Fsp3) is 0.500. The molecule has 1 unspecified atom stereocenters. The van der Waals surface area contributed by atoms with Crippen molar-refractivity contribution in [3.8, 4) is 0 Å². The predicted molar refractivity (Wildman–Crippen MR) is 78.9 cm³/mol. The third-order valence-electron chi connectivity index (χ3n) is 3.95. The van der Waals surface area contributed by atoms with E-state index >= 15 is 0 Å². The molecule has 0 aliphatic carbocycles. The Hall–Kier alpha value is -1.44. The van der Waals surface area contributed by atoms with Gasteiger partial charge in [0.25, 0.3) is 0 Å². The highest BCUT2D eigenvalue weighted by Crippen LogP contribution is 2.23. The maximum atomic E-state index is 12.7. The number of rotatable bonds is 4. The molecule has 1 aromatic rings. The van der Waals surface area contributed by atoms with Crippen LogP contribution in [0.5, 0.6) is 0 Å². The van der Waals surface area contributed by atoms with Gasteiger partial charge in [-0.25, -0.2) is 13.2 Å². The van der Waals surface area contributed by atoms with Gasteiger partial charge in [-0.05, 0) is 25.6 Å². The molecule has 0 radical (unpaired) electrons. The summed E-state index contributed by atoms with van der Waals surface area (Å²) in [6.07, 6.45) is 0.850. The maximum absolute atomic E-state index is 12.7. The van der Waals surface area contributed by atoms with Gasteiger partial charge >= 0.3 is 5.97 Å². The number of benzene rings is 1. The molecular weight excluding hydrogens is 292 g/mol. The number of likely N-dealkylation sites (N-methyl/N-ethyl adjacent to an activating group) is 1. The molecule has 0 aromatic heterocycles. The summed E-state index contributed by atoms with van der Waals surface area (Å²) >= 11 is 0. The summed E-state index contributed by atoms with van der Waals surface area (Å²) in [5.41, 5.74) is -0.176. The zero-order valence-corrected chi connectivity index (χ0v) is 13.0. The van der Waals surface area contributed by atoms with Crippen LogP contribution in [-0.2, 0) is 10.0 Å². The lowest BCUT2D eigenvalue weighted by molar-refractivity contribution is 0.0692. The van der Waals surface area contributed by atoms with Crippen molar-refractivity contribution in [2.75, 3.05) is 26.7 Å². The zero-order valence-electron chi connectivity index (χ0n) is 12.2. The SMILES string of the molecule is CCC1CN(S(=O)(=O)c2ccccc2C(=O)O)CCN1C. The van der Waals surface area contributed by atoms with Gasteiger partial charge in [0.1, 0.15) is 0 Å². The molecule has 1 saturated heterocycles. The lowest BCUT2D eigenvalue weighted by Crippen LogP contribution is -2.52. The van der Waals surface area contributed by atoms with Gasteiger partial charge in [0.05, 0.1) is 10.5 Å². The average molecular weight is 312 g/mol. The first-order valence-electron chi connectivity index (χ1n) is 6.90. The van der Waals surface area contributed by atoms with E-state index in [1.165, 1.54) is 22.5 Å². The number of aromatic carboxylic acids is 1. The molecule has 7 heteroatoms. The first kappa shape index (κ1) is 15.9. The number of hydrogen-bond acceptors (Lipinski definition) is 4. The van der Waals surface area contributed by atoms with E-state index < -0.39 is 16.0 Å². The van der Waals surface area contributed by atoms with Crippen LogP contribution in [0.4, 0.5) is 0 Å². The van der Waals surface area contributed by atoms with E-state index in [1.807, 2.05) is 14.0 Å². The lowest BCUT2D eigenvalue weighted by Gasteiger charge is -2.38. The fourth-order valence-corrected chi connectivity index (χ4v) is 4.24. The lowest BCUT2D eigenvalue weighted by atomic mass is 10.1. The van der Waals surface area contributed by atoms with Crippen molar-refractivity contribution in [3.63, 3.8) is 0 Å². The van der Waals surface area contributed by atoms with Crippen LogP contribution >= 0.6 is 0 Å². The van der Waals surface area contributed by atoms with E-state index in [-0.39, 0.29) is 16.5 Å². The van der Waals surface area contributed by atoms with Crippen molar-refractivity contribution in [2.45, 2.75) is 24.3 Å². The van der Waals surface area contributed by atoms with Crippen molar-refractivity contribution >= 4 is 16.0 Å². The van der Waals surface area contributed by atoms with Crippen molar-refractivity contribution in [1.29, 1.82) is 0 Å². The summed E-state index contributed by atoms with van der Waals surface area (Å²) in [5.74, 6) is -1.23. The Labute approximate surface area is 125 Å². The standard InChI is InChI=1S/C14H20N2O4S/c1-3-11-10-16(9-8-15(11)2)21(19,20)13-7-5-4-6-12(13)14(17)18/h4-7,11H,3,8-10H2,1-2H3,(H,17,18). The third-order valence-corrected chi connectivity index (χ3v) is 5.87. The molecule has 21 heavy (non-hydrogen) atoms. The number of sulfonamides is 1. The number of piperazine rings is 1. The van der Waals surface area contributed by atoms with Crippen LogP contribution in [-0.4, -0.2) is 61.4 Å². The van der Waals surface area contributed by atoms with Gasteiger partial charge in [0.15, 0.2) is 0 Å². The second-order valence-corrected chi connectivity index (χ2v) is 7.11. The molecule has 1 aliphatic rings. The van der Waals surface area contributed by atoms with Crippen molar-refractivity contribution in [2.24, 2.45) is 0 Å². The molecule has 1 atom stereocenters. The topological polar surface area (TPSA) is 77.9 Å². The highest BCUT2D eigenvalue weighted by molar-refractivity contribution is 7.89. The summed E-state index contributed by atoms with van der Waals surface area (Å²) in [4.78, 5) is 13.2. The van der Waals surface area contributed by atoms with Gasteiger partial charge in [0, 0.05) is 25.7 Å². The first-order valence-corrected chi connectivity index (χ1v) is 8.34. The summed E-state index contributed by atoms with van der Waals surface area (Å²) in [7, 11) is -1.80. The average Bonchev–Trinajstić information content (AvgIpc) is 2.47. The summed E-state index contributed by atoms with van der Waals surface area (Å²) in [6, 6.07) is 5.92. The Morgan fingerprint density at radius 2 is 2.00 bits per heavy atom. The number of nitrogens with zero attached hydrogens (tertiary/aromatic N) is 2. The third kappa shape index (κ3) is 3.09. The van der Waals surface area contributed by atoms with Crippen LogP contribution in [0.2, 0.25) is 0 Å². The van der Waals surface area contributed by atoms with Crippen molar-refractivity contribution < 1.29 is 18.3 Å². The fourth-order valence-electron chi connectivity index (χ4n) is 2.58. The molecule has 1 N–H and O–H groups in total. The van der Waals surface area contributed by atoms with E-state index in [9.17, 15) is 18.3 Å². The molecule has 1 heterocycles. The molecule has 0 bridgehead atoms. The smallest absolute Gasteiger partial charge is 0.337 e. The quantitative estimate of drug-likeness (QED) is 0.901. The largest absolute Gasteiger partial charge is 0.478 e. The van der Waals surface area contributed by atoms with E-state index in [1.54, 1.807) is 6.07 Å². The maximum Gasteiger partial charge on any atom is 0.337 e. The highest BCUT2D eigenvalue weighted by Gasteiger charge is 2.34. The molecule has 0 amide bonds. The Bertz CT molecular complexity index is 630. The zero-order chi connectivity index (χ0) is 15.6. The normalized spacial score (nSPS) is 21.3. The van der Waals surface area contributed by atoms with Crippen LogP contribution in [0.15, 0.2) is 29.2 Å². The van der Waals surface area contributed by atoms with E-state index in [2.05, 4.69) is 4.90 Å². The Morgan fingerprint density at radius 3 is 2.62 bits per heavy atom. The number of carbonyl (C=O) groups is 1. The molecule has 1 fully saturated rings. The summed E-state index contributed by atoms with van der Waals surface area (Å²) in [5, 5.41) is 9.18. The van der Waals surface area contributed by atoms with Gasteiger partial charge in [-0.3, -0.25) is 0 Å². The minimum atomic E-state index is -3.78. The van der Waals surface area contributed by atoms with E-state index in [0.29, 0.717) is 19.6 Å². The van der Waals surface area contributed by atoms with Crippen LogP contribution in [0.3, 0.4) is 0 Å². The van der Waals surface area contributed by atoms with Crippen molar-refractivity contribution in [1.82, 2.24) is 9.21 Å². The molecule has 116 valence electrons.